The Morgan fingerprint density at radius 2 is 0.978 bits per heavy atom. The lowest BCUT2D eigenvalue weighted by atomic mass is 10.1. The summed E-state index contributed by atoms with van der Waals surface area (Å²) in [7, 11) is -15.1. The number of hydrogen-bond donors (Lipinski definition) is 6. The van der Waals surface area contributed by atoms with Crippen LogP contribution in [0.2, 0.25) is 0 Å². The van der Waals surface area contributed by atoms with Crippen molar-refractivity contribution >= 4 is 33.0 Å². The van der Waals surface area contributed by atoms with Crippen LogP contribution in [0.5, 0.6) is 0 Å². The molecule has 252 valence electrons. The molecule has 0 aromatic carbocycles. The molecule has 6 unspecified atom stereocenters. The number of aromatic nitrogens is 4. The van der Waals surface area contributed by atoms with Crippen LogP contribution in [0.4, 0.5) is 0 Å². The monoisotopic (exact) mass is 726 g/mol. The van der Waals surface area contributed by atoms with Crippen molar-refractivity contribution in [3.63, 3.8) is 0 Å². The number of aromatic amines is 2. The van der Waals surface area contributed by atoms with E-state index >= 15 is 0 Å². The zero-order valence-electron chi connectivity index (χ0n) is 22.1. The van der Waals surface area contributed by atoms with Crippen LogP contribution in [0.1, 0.15) is 12.5 Å². The highest BCUT2D eigenvalue weighted by molar-refractivity contribution is 7.56. The largest absolute Gasteiger partial charge is 0.387 e. The van der Waals surface area contributed by atoms with Crippen molar-refractivity contribution in [1.82, 2.24) is 19.1 Å². The summed E-state index contributed by atoms with van der Waals surface area (Å²) < 4.78 is 82.9. The number of nitrogens with zero attached hydrogens (tertiary/aromatic N) is 2. The van der Waals surface area contributed by atoms with Crippen LogP contribution in [-0.4, -0.2) is 89.4 Å². The Balaban J connectivity index is 1.18. The van der Waals surface area contributed by atoms with Crippen LogP contribution < -0.4 is 22.5 Å². The molecule has 0 amide bonds. The molecule has 27 heteroatoms. The minimum atomic E-state index is -3.85. The van der Waals surface area contributed by atoms with Gasteiger partial charge in [0.05, 0.1) is 13.2 Å². The number of aliphatic hydroxyl groups is 4. The van der Waals surface area contributed by atoms with Crippen molar-refractivity contribution in [3.05, 3.63) is 66.2 Å². The van der Waals surface area contributed by atoms with E-state index in [4.69, 9.17) is 18.5 Å². The van der Waals surface area contributed by atoms with Gasteiger partial charge < -0.3 is 38.9 Å². The van der Waals surface area contributed by atoms with Gasteiger partial charge in [-0.05, 0) is 0 Å². The maximum absolute atomic E-state index is 12.0. The lowest BCUT2D eigenvalue weighted by molar-refractivity contribution is -0.0517. The third-order valence-electron chi connectivity index (χ3n) is 6.16. The fourth-order valence-corrected chi connectivity index (χ4v) is 7.84. The third kappa shape index (κ3) is 9.01. The first-order chi connectivity index (χ1) is 21.2. The van der Waals surface area contributed by atoms with E-state index in [1.54, 1.807) is 0 Å². The average Bonchev–Trinajstić information content (AvgIpc) is 3.40. The Kier molecular flexibility index (Phi) is 12.4. The van der Waals surface area contributed by atoms with E-state index in [0.29, 0.717) is 0 Å². The molecule has 45 heavy (non-hydrogen) atoms. The van der Waals surface area contributed by atoms with E-state index in [2.05, 4.69) is 12.9 Å². The van der Waals surface area contributed by atoms with Crippen LogP contribution in [0.3, 0.4) is 0 Å². The van der Waals surface area contributed by atoms with E-state index in [-0.39, 0.29) is 0 Å². The number of hydrogen-bond acceptors (Lipinski definition) is 19. The van der Waals surface area contributed by atoms with Gasteiger partial charge in [-0.2, -0.15) is 0 Å². The quantitative estimate of drug-likeness (QED) is 0.105. The SMILES string of the molecule is O=c1ccn([C@@H]2O[C@H](CO[PH](=O)O[PH](=O)O[PH](=O)O[PH](=O)OC[C@H]3O[C@@H](n4ccc(=O)[nH]c4=O)[C@@H](O)C3O)C(O)[C@@H]2O)c(=O)[nH]1. The van der Waals surface area contributed by atoms with Crippen molar-refractivity contribution in [2.24, 2.45) is 0 Å². The lowest BCUT2D eigenvalue weighted by Crippen LogP contribution is -2.37. The van der Waals surface area contributed by atoms with E-state index in [1.807, 2.05) is 9.97 Å². The summed E-state index contributed by atoms with van der Waals surface area (Å²) >= 11 is 0. The second-order valence-corrected chi connectivity index (χ2v) is 14.1. The van der Waals surface area contributed by atoms with Gasteiger partial charge in [-0.15, -0.1) is 0 Å². The molecule has 6 N–H and O–H groups in total. The molecular formula is C18H26N4O19P4. The first kappa shape index (κ1) is 35.7. The molecule has 0 aliphatic carbocycles. The van der Waals surface area contributed by atoms with Crippen molar-refractivity contribution < 1.29 is 70.1 Å². The molecular weight excluding hydrogens is 700 g/mol. The Morgan fingerprint density at radius 3 is 1.33 bits per heavy atom. The van der Waals surface area contributed by atoms with E-state index in [1.165, 1.54) is 0 Å². The van der Waals surface area contributed by atoms with Crippen LogP contribution >= 0.6 is 33.0 Å². The number of H-pyrrole nitrogens is 2. The van der Waals surface area contributed by atoms with Gasteiger partial charge in [-0.3, -0.25) is 47.0 Å². The van der Waals surface area contributed by atoms with Crippen LogP contribution in [0, 0.1) is 0 Å². The smallest absolute Gasteiger partial charge is 0.333 e. The molecule has 2 saturated heterocycles. The zero-order valence-corrected chi connectivity index (χ0v) is 26.1. The minimum Gasteiger partial charge on any atom is -0.387 e. The summed E-state index contributed by atoms with van der Waals surface area (Å²) in [5, 5.41) is 40.7. The van der Waals surface area contributed by atoms with Gasteiger partial charge in [0.1, 0.15) is 36.6 Å². The van der Waals surface area contributed by atoms with Gasteiger partial charge in [0.2, 0.25) is 0 Å². The molecule has 2 aromatic rings. The predicted molar refractivity (Wildman–Crippen MR) is 146 cm³/mol. The number of aliphatic hydroxyl groups excluding tert-OH is 4. The zero-order chi connectivity index (χ0) is 33.0. The first-order valence-corrected chi connectivity index (χ1v) is 17.3. The van der Waals surface area contributed by atoms with Crippen molar-refractivity contribution in [1.29, 1.82) is 0 Å². The summed E-state index contributed by atoms with van der Waals surface area (Å²) in [6.07, 6.45) is -10.3. The molecule has 2 aromatic heterocycles. The average molecular weight is 726 g/mol. The Bertz CT molecular complexity index is 1570. The summed E-state index contributed by atoms with van der Waals surface area (Å²) in [6, 6.07) is 1.93. The van der Waals surface area contributed by atoms with Gasteiger partial charge in [0.15, 0.2) is 12.5 Å². The third-order valence-corrected chi connectivity index (χ3v) is 11.0. The summed E-state index contributed by atoms with van der Waals surface area (Å²) in [4.78, 5) is 50.1. The highest BCUT2D eigenvalue weighted by atomic mass is 31.2. The molecule has 0 radical (unpaired) electrons. The molecule has 12 atom stereocenters. The summed E-state index contributed by atoms with van der Waals surface area (Å²) in [5.74, 6) is 0. The standard InChI is InChI=1S/C18H26N4O19P4/c23-9-1-3-21(17(29)19-9)15-13(27)11(25)7(37-15)5-35-42(31)39-44(33)41-45(34)40-43(32)36-6-8-12(26)14(28)16(38-8)22-4-2-10(24)20-18(22)30/h1-4,7-8,11-16,25-28,42-45H,5-6H2,(H,19,23,29)(H,20,24,30)/t7-,8-,11?,12?,13+,14+,15-,16-/m1/s1. The van der Waals surface area contributed by atoms with Crippen molar-refractivity contribution in [2.45, 2.75) is 49.1 Å². The topological polar surface area (TPSA) is 324 Å². The normalized spacial score (nSPS) is 31.0. The maximum atomic E-state index is 12.0. The summed E-state index contributed by atoms with van der Waals surface area (Å²) in [6.45, 7) is -1.43. The van der Waals surface area contributed by atoms with Gasteiger partial charge in [-0.1, -0.05) is 0 Å². The van der Waals surface area contributed by atoms with Gasteiger partial charge >= 0.3 is 44.4 Å². The highest BCUT2D eigenvalue weighted by Gasteiger charge is 2.45. The number of nitrogens with one attached hydrogen (secondary N) is 2. The van der Waals surface area contributed by atoms with Gasteiger partial charge in [-0.25, -0.2) is 22.5 Å². The Hall–Kier alpha value is -2.16. The minimum absolute atomic E-state index is 0.714. The van der Waals surface area contributed by atoms with Gasteiger partial charge in [0, 0.05) is 24.5 Å². The Morgan fingerprint density at radius 1 is 0.622 bits per heavy atom. The van der Waals surface area contributed by atoms with Gasteiger partial charge in [0.25, 0.3) is 11.1 Å². The van der Waals surface area contributed by atoms with Crippen LogP contribution in [0.15, 0.2) is 43.7 Å². The molecule has 2 fully saturated rings. The predicted octanol–water partition coefficient (Wildman–Crippen LogP) is -3.03. The second-order valence-electron chi connectivity index (χ2n) is 9.06. The molecule has 0 spiro atoms. The lowest BCUT2D eigenvalue weighted by Gasteiger charge is -2.16. The Labute approximate surface area is 251 Å². The van der Waals surface area contributed by atoms with E-state index < -0.39 is 118 Å². The second kappa shape index (κ2) is 15.6. The highest BCUT2D eigenvalue weighted by Crippen LogP contribution is 2.51. The van der Waals surface area contributed by atoms with E-state index in [9.17, 15) is 57.9 Å². The molecule has 0 saturated carbocycles. The molecule has 23 nitrogen and oxygen atoms in total. The number of rotatable bonds is 14. The van der Waals surface area contributed by atoms with Crippen LogP contribution in [0.25, 0.3) is 0 Å². The molecule has 4 heterocycles. The molecule has 2 aliphatic heterocycles. The molecule has 0 bridgehead atoms. The maximum Gasteiger partial charge on any atom is 0.333 e. The van der Waals surface area contributed by atoms with Crippen molar-refractivity contribution in [3.8, 4) is 0 Å². The number of ether oxygens (including phenoxy) is 2. The van der Waals surface area contributed by atoms with Crippen molar-refractivity contribution in [2.75, 3.05) is 13.2 Å². The fourth-order valence-electron chi connectivity index (χ4n) is 4.05. The first-order valence-electron chi connectivity index (χ1n) is 12.4. The molecule has 2 aliphatic rings. The molecule has 4 rings (SSSR count). The summed E-state index contributed by atoms with van der Waals surface area (Å²) in [5.41, 5.74) is -3.34. The van der Waals surface area contributed by atoms with E-state index in [0.717, 1.165) is 33.7 Å². The fraction of sp³-hybridized carbons (Fsp3) is 0.556. The van der Waals surface area contributed by atoms with Crippen LogP contribution in [-0.2, 0) is 49.7 Å².